The first-order valence-corrected chi connectivity index (χ1v) is 9.29. The molecule has 126 valence electrons. The highest BCUT2D eigenvalue weighted by Gasteiger charge is 2.37. The van der Waals surface area contributed by atoms with E-state index in [1.165, 1.54) is 44.9 Å². The minimum atomic E-state index is 0.272. The Labute approximate surface area is 134 Å². The number of carbonyl (C=O) groups excluding carboxylic acids is 1. The Hall–Kier alpha value is -0.610. The zero-order chi connectivity index (χ0) is 15.4. The van der Waals surface area contributed by atoms with Crippen LogP contribution >= 0.6 is 0 Å². The predicted octanol–water partition coefficient (Wildman–Crippen LogP) is 2.62. The highest BCUT2D eigenvalue weighted by atomic mass is 16.5. The number of nitrogens with one attached hydrogen (secondary N) is 2. The molecule has 0 aromatic rings. The van der Waals surface area contributed by atoms with Crippen LogP contribution in [0, 0.1) is 11.3 Å². The van der Waals surface area contributed by atoms with Gasteiger partial charge in [-0.3, -0.25) is 4.79 Å². The van der Waals surface area contributed by atoms with E-state index in [4.69, 9.17) is 4.74 Å². The summed E-state index contributed by atoms with van der Waals surface area (Å²) in [4.78, 5) is 12.3. The smallest absolute Gasteiger partial charge is 0.220 e. The Morgan fingerprint density at radius 2 is 2.00 bits per heavy atom. The number of hydrogen-bond acceptors (Lipinski definition) is 3. The van der Waals surface area contributed by atoms with Crippen LogP contribution in [-0.2, 0) is 9.53 Å². The summed E-state index contributed by atoms with van der Waals surface area (Å²) in [5, 5.41) is 6.89. The molecule has 1 saturated carbocycles. The monoisotopic (exact) mass is 308 g/mol. The van der Waals surface area contributed by atoms with E-state index in [9.17, 15) is 4.79 Å². The lowest BCUT2D eigenvalue weighted by Crippen LogP contribution is -2.44. The molecule has 0 radical (unpaired) electrons. The van der Waals surface area contributed by atoms with Gasteiger partial charge < -0.3 is 15.4 Å². The predicted molar refractivity (Wildman–Crippen MR) is 87.7 cm³/mol. The van der Waals surface area contributed by atoms with Gasteiger partial charge in [-0.25, -0.2) is 0 Å². The van der Waals surface area contributed by atoms with Crippen molar-refractivity contribution in [2.45, 2.75) is 76.8 Å². The number of ether oxygens (including phenoxy) is 1. The van der Waals surface area contributed by atoms with Gasteiger partial charge in [0.25, 0.3) is 0 Å². The minimum absolute atomic E-state index is 0.272. The van der Waals surface area contributed by atoms with Crippen molar-refractivity contribution in [1.82, 2.24) is 10.6 Å². The fourth-order valence-corrected chi connectivity index (χ4v) is 4.59. The molecule has 1 aliphatic carbocycles. The van der Waals surface area contributed by atoms with Crippen LogP contribution in [0.1, 0.15) is 64.7 Å². The Morgan fingerprint density at radius 1 is 1.27 bits per heavy atom. The third-order valence-electron chi connectivity index (χ3n) is 6.10. The molecule has 3 rings (SSSR count). The van der Waals surface area contributed by atoms with Crippen molar-refractivity contribution >= 4 is 5.91 Å². The molecule has 2 saturated heterocycles. The van der Waals surface area contributed by atoms with Crippen LogP contribution in [0.2, 0.25) is 0 Å². The Balaban J connectivity index is 1.38. The SMILES string of the molecule is CCOCCC1(CNC(=O)CC2CC3CCC(C2)N3)CCC1. The fraction of sp³-hybridized carbons (Fsp3) is 0.944. The van der Waals surface area contributed by atoms with Crippen LogP contribution in [0.25, 0.3) is 0 Å². The molecular weight excluding hydrogens is 276 g/mol. The normalized spacial score (nSPS) is 32.5. The van der Waals surface area contributed by atoms with Gasteiger partial charge >= 0.3 is 0 Å². The number of rotatable bonds is 8. The van der Waals surface area contributed by atoms with Crippen molar-refractivity contribution < 1.29 is 9.53 Å². The van der Waals surface area contributed by atoms with Crippen LogP contribution in [0.5, 0.6) is 0 Å². The van der Waals surface area contributed by atoms with Crippen LogP contribution in [0.3, 0.4) is 0 Å². The van der Waals surface area contributed by atoms with Crippen LogP contribution in [0.15, 0.2) is 0 Å². The summed E-state index contributed by atoms with van der Waals surface area (Å²) in [6.45, 7) is 4.53. The lowest BCUT2D eigenvalue weighted by atomic mass is 9.66. The number of fused-ring (bicyclic) bond motifs is 2. The fourth-order valence-electron chi connectivity index (χ4n) is 4.59. The van der Waals surface area contributed by atoms with Crippen molar-refractivity contribution in [3.05, 3.63) is 0 Å². The lowest BCUT2D eigenvalue weighted by Gasteiger charge is -2.42. The summed E-state index contributed by atoms with van der Waals surface area (Å²) in [6.07, 6.45) is 10.6. The average Bonchev–Trinajstić information content (AvgIpc) is 2.80. The molecule has 1 amide bonds. The van der Waals surface area contributed by atoms with E-state index in [0.29, 0.717) is 23.4 Å². The van der Waals surface area contributed by atoms with E-state index in [-0.39, 0.29) is 5.91 Å². The van der Waals surface area contributed by atoms with E-state index in [1.54, 1.807) is 0 Å². The number of hydrogen-bond donors (Lipinski definition) is 2. The van der Waals surface area contributed by atoms with E-state index in [0.717, 1.165) is 32.6 Å². The summed E-state index contributed by atoms with van der Waals surface area (Å²) in [5.41, 5.74) is 0.331. The highest BCUT2D eigenvalue weighted by molar-refractivity contribution is 5.76. The summed E-state index contributed by atoms with van der Waals surface area (Å²) in [6, 6.07) is 1.36. The molecule has 2 N–H and O–H groups in total. The molecule has 2 atom stereocenters. The topological polar surface area (TPSA) is 50.4 Å². The Kier molecular flexibility index (Phi) is 5.40. The maximum Gasteiger partial charge on any atom is 0.220 e. The molecule has 3 aliphatic rings. The van der Waals surface area contributed by atoms with Gasteiger partial charge in [0, 0.05) is 38.3 Å². The molecule has 3 fully saturated rings. The molecule has 2 aliphatic heterocycles. The van der Waals surface area contributed by atoms with Gasteiger partial charge in [-0.15, -0.1) is 0 Å². The van der Waals surface area contributed by atoms with Gasteiger partial charge in [-0.1, -0.05) is 6.42 Å². The van der Waals surface area contributed by atoms with E-state index >= 15 is 0 Å². The molecule has 22 heavy (non-hydrogen) atoms. The molecule has 0 aromatic carbocycles. The van der Waals surface area contributed by atoms with Crippen molar-refractivity contribution in [2.24, 2.45) is 11.3 Å². The molecule has 2 heterocycles. The first-order valence-electron chi connectivity index (χ1n) is 9.29. The quantitative estimate of drug-likeness (QED) is 0.678. The van der Waals surface area contributed by atoms with Gasteiger partial charge in [-0.05, 0) is 63.2 Å². The van der Waals surface area contributed by atoms with Gasteiger partial charge in [-0.2, -0.15) is 0 Å². The molecule has 4 heteroatoms. The maximum absolute atomic E-state index is 12.3. The molecule has 4 nitrogen and oxygen atoms in total. The minimum Gasteiger partial charge on any atom is -0.382 e. The lowest BCUT2D eigenvalue weighted by molar-refractivity contribution is -0.123. The van der Waals surface area contributed by atoms with Gasteiger partial charge in [0.2, 0.25) is 5.91 Å². The number of carbonyl (C=O) groups is 1. The first kappa shape index (κ1) is 16.3. The van der Waals surface area contributed by atoms with E-state index in [1.807, 2.05) is 6.92 Å². The second kappa shape index (κ2) is 7.31. The Bertz CT molecular complexity index is 369. The van der Waals surface area contributed by atoms with Crippen molar-refractivity contribution in [3.8, 4) is 0 Å². The number of piperidine rings is 1. The van der Waals surface area contributed by atoms with Gasteiger partial charge in [0.1, 0.15) is 0 Å². The molecular formula is C18H32N2O2. The second-order valence-electron chi connectivity index (χ2n) is 7.76. The van der Waals surface area contributed by atoms with E-state index < -0.39 is 0 Å². The zero-order valence-electron chi connectivity index (χ0n) is 14.0. The van der Waals surface area contributed by atoms with Crippen LogP contribution in [-0.4, -0.2) is 37.7 Å². The van der Waals surface area contributed by atoms with Gasteiger partial charge in [0.05, 0.1) is 0 Å². The van der Waals surface area contributed by atoms with Crippen molar-refractivity contribution in [1.29, 1.82) is 0 Å². The zero-order valence-corrected chi connectivity index (χ0v) is 14.0. The molecule has 0 aromatic heterocycles. The summed E-state index contributed by atoms with van der Waals surface area (Å²) in [7, 11) is 0. The standard InChI is InChI=1S/C18H32N2O2/c1-2-22-9-8-18(6-3-7-18)13-19-17(21)12-14-10-15-4-5-16(11-14)20-15/h14-16,20H,2-13H2,1H3,(H,19,21). The molecule has 2 bridgehead atoms. The first-order chi connectivity index (χ1) is 10.7. The second-order valence-corrected chi connectivity index (χ2v) is 7.76. The van der Waals surface area contributed by atoms with Gasteiger partial charge in [0.15, 0.2) is 0 Å². The van der Waals surface area contributed by atoms with Crippen molar-refractivity contribution in [3.63, 3.8) is 0 Å². The van der Waals surface area contributed by atoms with Crippen molar-refractivity contribution in [2.75, 3.05) is 19.8 Å². The highest BCUT2D eigenvalue weighted by Crippen LogP contribution is 2.43. The maximum atomic E-state index is 12.3. The van der Waals surface area contributed by atoms with E-state index in [2.05, 4.69) is 10.6 Å². The number of amides is 1. The summed E-state index contributed by atoms with van der Waals surface area (Å²) >= 11 is 0. The van der Waals surface area contributed by atoms with Crippen LogP contribution in [0.4, 0.5) is 0 Å². The summed E-state index contributed by atoms with van der Waals surface area (Å²) in [5.74, 6) is 0.869. The average molecular weight is 308 g/mol. The Morgan fingerprint density at radius 3 is 2.59 bits per heavy atom. The molecule has 0 spiro atoms. The molecule has 2 unspecified atom stereocenters. The third kappa shape index (κ3) is 4.02. The van der Waals surface area contributed by atoms with Crippen LogP contribution < -0.4 is 10.6 Å². The largest absolute Gasteiger partial charge is 0.382 e. The third-order valence-corrected chi connectivity index (χ3v) is 6.10. The summed E-state index contributed by atoms with van der Waals surface area (Å²) < 4.78 is 5.50.